The normalized spacial score (nSPS) is 20.5. The van der Waals surface area contributed by atoms with Crippen LogP contribution in [0.15, 0.2) is 24.3 Å². The molecule has 0 bridgehead atoms. The van der Waals surface area contributed by atoms with Gasteiger partial charge in [0.2, 0.25) is 5.91 Å². The van der Waals surface area contributed by atoms with E-state index in [-0.39, 0.29) is 18.4 Å². The quantitative estimate of drug-likeness (QED) is 0.823. The van der Waals surface area contributed by atoms with Crippen LogP contribution in [0.4, 0.5) is 0 Å². The Bertz CT molecular complexity index is 493. The molecule has 2 amide bonds. The van der Waals surface area contributed by atoms with Gasteiger partial charge in [-0.3, -0.25) is 20.4 Å². The molecule has 0 aliphatic heterocycles. The molecule has 1 aliphatic carbocycles. The summed E-state index contributed by atoms with van der Waals surface area (Å²) in [6.45, 7) is 1.79. The van der Waals surface area contributed by atoms with Crippen molar-refractivity contribution < 1.29 is 14.3 Å². The maximum atomic E-state index is 11.5. The maximum Gasteiger partial charge on any atom is 0.276 e. The molecular weight excluding hydrogens is 268 g/mol. The van der Waals surface area contributed by atoms with E-state index in [1.165, 1.54) is 0 Å². The number of benzene rings is 1. The summed E-state index contributed by atoms with van der Waals surface area (Å²) in [5.74, 6) is 0.266. The standard InChI is InChI=1S/C13H15ClN2O3/c1-8-6-9(8)13(18)16-15-12(17)7-19-11-5-3-2-4-10(11)14/h2-5,8-9H,6-7H2,1H3,(H,15,17)(H,16,18)/t8-,9-/m1/s1. The Hall–Kier alpha value is -1.75. The highest BCUT2D eigenvalue weighted by Gasteiger charge is 2.39. The van der Waals surface area contributed by atoms with Crippen LogP contribution in [0.25, 0.3) is 0 Å². The first-order chi connectivity index (χ1) is 9.08. The maximum absolute atomic E-state index is 11.5. The van der Waals surface area contributed by atoms with Gasteiger partial charge in [-0.05, 0) is 24.5 Å². The van der Waals surface area contributed by atoms with Crippen molar-refractivity contribution >= 4 is 23.4 Å². The van der Waals surface area contributed by atoms with Crippen molar-refractivity contribution in [2.75, 3.05) is 6.61 Å². The van der Waals surface area contributed by atoms with Gasteiger partial charge in [-0.1, -0.05) is 30.7 Å². The zero-order chi connectivity index (χ0) is 13.8. The molecule has 1 aromatic carbocycles. The lowest BCUT2D eigenvalue weighted by atomic mass is 10.3. The Labute approximate surface area is 116 Å². The minimum atomic E-state index is -0.429. The fourth-order valence-corrected chi connectivity index (χ4v) is 1.84. The Balaban J connectivity index is 1.70. The van der Waals surface area contributed by atoms with Crippen LogP contribution in [0, 0.1) is 11.8 Å². The molecule has 1 fully saturated rings. The second-order valence-corrected chi connectivity index (χ2v) is 4.98. The summed E-state index contributed by atoms with van der Waals surface area (Å²) in [5.41, 5.74) is 4.68. The largest absolute Gasteiger partial charge is 0.482 e. The molecule has 0 saturated heterocycles. The fraction of sp³-hybridized carbons (Fsp3) is 0.385. The predicted molar refractivity (Wildman–Crippen MR) is 70.5 cm³/mol. The number of hydrazine groups is 1. The average Bonchev–Trinajstić information content (AvgIpc) is 3.12. The molecule has 0 spiro atoms. The van der Waals surface area contributed by atoms with Crippen LogP contribution >= 0.6 is 11.6 Å². The number of amides is 2. The van der Waals surface area contributed by atoms with E-state index < -0.39 is 5.91 Å². The van der Waals surface area contributed by atoms with Crippen molar-refractivity contribution in [3.63, 3.8) is 0 Å². The van der Waals surface area contributed by atoms with Crippen LogP contribution in [-0.2, 0) is 9.59 Å². The lowest BCUT2D eigenvalue weighted by Gasteiger charge is -2.09. The van der Waals surface area contributed by atoms with E-state index in [9.17, 15) is 9.59 Å². The lowest BCUT2D eigenvalue weighted by Crippen LogP contribution is -2.44. The first-order valence-electron chi connectivity index (χ1n) is 6.04. The van der Waals surface area contributed by atoms with Gasteiger partial charge in [0.05, 0.1) is 5.02 Å². The first kappa shape index (κ1) is 13.7. The molecule has 5 nitrogen and oxygen atoms in total. The minimum Gasteiger partial charge on any atom is -0.482 e. The molecule has 2 N–H and O–H groups in total. The molecule has 1 aromatic rings. The first-order valence-corrected chi connectivity index (χ1v) is 6.41. The van der Waals surface area contributed by atoms with Gasteiger partial charge < -0.3 is 4.74 Å². The number of halogens is 1. The average molecular weight is 283 g/mol. The molecule has 0 unspecified atom stereocenters. The summed E-state index contributed by atoms with van der Waals surface area (Å²) in [7, 11) is 0. The summed E-state index contributed by atoms with van der Waals surface area (Å²) in [6, 6.07) is 6.87. The number of ether oxygens (including phenoxy) is 1. The van der Waals surface area contributed by atoms with E-state index in [4.69, 9.17) is 16.3 Å². The van der Waals surface area contributed by atoms with Gasteiger partial charge in [-0.2, -0.15) is 0 Å². The molecule has 2 atom stereocenters. The van der Waals surface area contributed by atoms with E-state index in [1.54, 1.807) is 24.3 Å². The van der Waals surface area contributed by atoms with Crippen molar-refractivity contribution in [3.05, 3.63) is 29.3 Å². The molecule has 2 rings (SSSR count). The van der Waals surface area contributed by atoms with Gasteiger partial charge in [-0.15, -0.1) is 0 Å². The smallest absolute Gasteiger partial charge is 0.276 e. The second-order valence-electron chi connectivity index (χ2n) is 4.58. The van der Waals surface area contributed by atoms with Gasteiger partial charge in [0.1, 0.15) is 5.75 Å². The third-order valence-electron chi connectivity index (χ3n) is 2.97. The summed E-state index contributed by atoms with van der Waals surface area (Å²) < 4.78 is 5.23. The lowest BCUT2D eigenvalue weighted by molar-refractivity contribution is -0.130. The number of nitrogens with one attached hydrogen (secondary N) is 2. The number of hydrogen-bond acceptors (Lipinski definition) is 3. The number of carbonyl (C=O) groups is 2. The van der Waals surface area contributed by atoms with E-state index in [2.05, 4.69) is 10.9 Å². The molecule has 1 aliphatic rings. The van der Waals surface area contributed by atoms with Crippen LogP contribution in [0.3, 0.4) is 0 Å². The zero-order valence-electron chi connectivity index (χ0n) is 10.5. The van der Waals surface area contributed by atoms with Crippen LogP contribution in [0.2, 0.25) is 5.02 Å². The monoisotopic (exact) mass is 282 g/mol. The van der Waals surface area contributed by atoms with Crippen molar-refractivity contribution in [1.82, 2.24) is 10.9 Å². The summed E-state index contributed by atoms with van der Waals surface area (Å²) in [5, 5.41) is 0.436. The molecule has 0 heterocycles. The Kier molecular flexibility index (Phi) is 4.27. The molecule has 1 saturated carbocycles. The fourth-order valence-electron chi connectivity index (χ4n) is 1.65. The van der Waals surface area contributed by atoms with E-state index >= 15 is 0 Å². The van der Waals surface area contributed by atoms with Gasteiger partial charge in [-0.25, -0.2) is 0 Å². The molecule has 0 radical (unpaired) electrons. The van der Waals surface area contributed by atoms with Crippen molar-refractivity contribution in [2.24, 2.45) is 11.8 Å². The van der Waals surface area contributed by atoms with E-state index in [0.29, 0.717) is 16.7 Å². The third-order valence-corrected chi connectivity index (χ3v) is 3.28. The molecular formula is C13H15ClN2O3. The minimum absolute atomic E-state index is 0.0183. The molecule has 19 heavy (non-hydrogen) atoms. The number of carbonyl (C=O) groups excluding carboxylic acids is 2. The Morgan fingerprint density at radius 3 is 2.68 bits per heavy atom. The van der Waals surface area contributed by atoms with Gasteiger partial charge in [0.25, 0.3) is 5.91 Å². The van der Waals surface area contributed by atoms with Gasteiger partial charge in [0.15, 0.2) is 6.61 Å². The van der Waals surface area contributed by atoms with Crippen LogP contribution in [-0.4, -0.2) is 18.4 Å². The van der Waals surface area contributed by atoms with Crippen molar-refractivity contribution in [2.45, 2.75) is 13.3 Å². The van der Waals surface area contributed by atoms with Gasteiger partial charge >= 0.3 is 0 Å². The predicted octanol–water partition coefficient (Wildman–Crippen LogP) is 1.52. The Morgan fingerprint density at radius 2 is 2.05 bits per heavy atom. The zero-order valence-corrected chi connectivity index (χ0v) is 11.2. The Morgan fingerprint density at radius 1 is 1.37 bits per heavy atom. The van der Waals surface area contributed by atoms with E-state index in [0.717, 1.165) is 6.42 Å². The van der Waals surface area contributed by atoms with Crippen LogP contribution in [0.5, 0.6) is 5.75 Å². The number of para-hydroxylation sites is 1. The summed E-state index contributed by atoms with van der Waals surface area (Å²) >= 11 is 5.87. The summed E-state index contributed by atoms with van der Waals surface area (Å²) in [4.78, 5) is 22.9. The highest BCUT2D eigenvalue weighted by atomic mass is 35.5. The SMILES string of the molecule is C[C@@H]1C[C@H]1C(=O)NNC(=O)COc1ccccc1Cl. The molecule has 0 aromatic heterocycles. The molecule has 102 valence electrons. The third kappa shape index (κ3) is 3.86. The topological polar surface area (TPSA) is 67.4 Å². The highest BCUT2D eigenvalue weighted by Crippen LogP contribution is 2.37. The van der Waals surface area contributed by atoms with Crippen molar-refractivity contribution in [3.8, 4) is 5.75 Å². The van der Waals surface area contributed by atoms with Crippen LogP contribution in [0.1, 0.15) is 13.3 Å². The molecule has 6 heteroatoms. The van der Waals surface area contributed by atoms with E-state index in [1.807, 2.05) is 6.92 Å². The number of hydrogen-bond donors (Lipinski definition) is 2. The van der Waals surface area contributed by atoms with Crippen LogP contribution < -0.4 is 15.6 Å². The van der Waals surface area contributed by atoms with Gasteiger partial charge in [0, 0.05) is 5.92 Å². The second kappa shape index (κ2) is 5.93. The highest BCUT2D eigenvalue weighted by molar-refractivity contribution is 6.32. The summed E-state index contributed by atoms with van der Waals surface area (Å²) in [6.07, 6.45) is 0.873. The number of rotatable bonds is 4. The van der Waals surface area contributed by atoms with Crippen molar-refractivity contribution in [1.29, 1.82) is 0 Å².